The Kier molecular flexibility index (Phi) is 2.22. The molecule has 0 spiro atoms. The van der Waals surface area contributed by atoms with Crippen molar-refractivity contribution in [2.24, 2.45) is 5.41 Å². The van der Waals surface area contributed by atoms with E-state index in [0.29, 0.717) is 0 Å². The first-order valence-corrected chi connectivity index (χ1v) is 3.24. The molecule has 49 valence electrons. The summed E-state index contributed by atoms with van der Waals surface area (Å²) in [5.74, 6) is 0. The number of halogens is 2. The highest BCUT2D eigenvalue weighted by Gasteiger charge is 2.32. The molecule has 0 atom stereocenters. The van der Waals surface area contributed by atoms with Crippen LogP contribution in [-0.2, 0) is 0 Å². The number of hydrogen-bond acceptors (Lipinski definition) is 0. The van der Waals surface area contributed by atoms with Crippen molar-refractivity contribution in [2.45, 2.75) is 25.1 Å². The van der Waals surface area contributed by atoms with E-state index in [9.17, 15) is 0 Å². The molecule has 0 aliphatic heterocycles. The van der Waals surface area contributed by atoms with Crippen molar-refractivity contribution < 1.29 is 0 Å². The second kappa shape index (κ2) is 2.07. The van der Waals surface area contributed by atoms with Crippen LogP contribution in [0.2, 0.25) is 0 Å². The van der Waals surface area contributed by atoms with Crippen LogP contribution in [0.4, 0.5) is 0 Å². The summed E-state index contributed by atoms with van der Waals surface area (Å²) in [5, 5.41) is 0. The molecule has 0 unspecified atom stereocenters. The Morgan fingerprint density at radius 2 is 1.25 bits per heavy atom. The lowest BCUT2D eigenvalue weighted by molar-refractivity contribution is 0.395. The van der Waals surface area contributed by atoms with Crippen molar-refractivity contribution in [3.05, 3.63) is 6.92 Å². The molecule has 0 heterocycles. The van der Waals surface area contributed by atoms with Gasteiger partial charge in [0.05, 0.1) is 0 Å². The largest absolute Gasteiger partial charge is 0.123 e. The van der Waals surface area contributed by atoms with E-state index in [1.54, 1.807) is 0 Å². The molecule has 0 nitrogen and oxygen atoms in total. The third-order valence-corrected chi connectivity index (χ3v) is 2.23. The van der Waals surface area contributed by atoms with Crippen LogP contribution in [-0.4, -0.2) is 4.33 Å². The van der Waals surface area contributed by atoms with Gasteiger partial charge < -0.3 is 0 Å². The molecule has 0 aromatic heterocycles. The summed E-state index contributed by atoms with van der Waals surface area (Å²) in [7, 11) is 0. The van der Waals surface area contributed by atoms with E-state index >= 15 is 0 Å². The highest BCUT2D eigenvalue weighted by atomic mass is 35.5. The van der Waals surface area contributed by atoms with Gasteiger partial charge in [0.25, 0.3) is 0 Å². The van der Waals surface area contributed by atoms with Crippen molar-refractivity contribution in [1.82, 2.24) is 0 Å². The lowest BCUT2D eigenvalue weighted by atomic mass is 9.92. The van der Waals surface area contributed by atoms with Crippen LogP contribution >= 0.6 is 23.2 Å². The van der Waals surface area contributed by atoms with Gasteiger partial charge in [-0.05, 0) is 12.3 Å². The fourth-order valence-corrected chi connectivity index (χ4v) is 0. The predicted octanol–water partition coefficient (Wildman–Crippen LogP) is 3.04. The number of hydrogen-bond donors (Lipinski definition) is 0. The highest BCUT2D eigenvalue weighted by Crippen LogP contribution is 2.38. The first kappa shape index (κ1) is 8.58. The van der Waals surface area contributed by atoms with E-state index in [0.717, 1.165) is 0 Å². The summed E-state index contributed by atoms with van der Waals surface area (Å²) in [6.07, 6.45) is 0. The van der Waals surface area contributed by atoms with E-state index in [1.807, 2.05) is 20.8 Å². The molecule has 0 rings (SSSR count). The number of alkyl halides is 2. The summed E-state index contributed by atoms with van der Waals surface area (Å²) < 4.78 is -0.868. The Morgan fingerprint density at radius 1 is 1.12 bits per heavy atom. The Bertz CT molecular complexity index is 61.5. The second-order valence-electron chi connectivity index (χ2n) is 2.95. The van der Waals surface area contributed by atoms with E-state index in [4.69, 9.17) is 23.2 Å². The maximum Gasteiger partial charge on any atom is 0.123 e. The van der Waals surface area contributed by atoms with E-state index < -0.39 is 4.33 Å². The molecule has 0 N–H and O–H groups in total. The molecular weight excluding hydrogens is 143 g/mol. The van der Waals surface area contributed by atoms with Gasteiger partial charge in [-0.3, -0.25) is 0 Å². The zero-order chi connectivity index (χ0) is 7.00. The van der Waals surface area contributed by atoms with Crippen LogP contribution in [0.15, 0.2) is 0 Å². The molecule has 0 aliphatic rings. The summed E-state index contributed by atoms with van der Waals surface area (Å²) in [6.45, 7) is 9.41. The Hall–Kier alpha value is 0.580. The van der Waals surface area contributed by atoms with Crippen LogP contribution in [0.5, 0.6) is 0 Å². The van der Waals surface area contributed by atoms with Gasteiger partial charge in [-0.2, -0.15) is 0 Å². The monoisotopic (exact) mass is 153 g/mol. The lowest BCUT2D eigenvalue weighted by Gasteiger charge is -2.29. The lowest BCUT2D eigenvalue weighted by Crippen LogP contribution is -2.27. The van der Waals surface area contributed by atoms with Crippen molar-refractivity contribution >= 4 is 23.2 Å². The molecule has 0 saturated carbocycles. The normalized spacial score (nSPS) is 14.2. The van der Waals surface area contributed by atoms with Crippen LogP contribution in [0.3, 0.4) is 0 Å². The van der Waals surface area contributed by atoms with Crippen LogP contribution in [0.1, 0.15) is 20.8 Å². The van der Waals surface area contributed by atoms with Gasteiger partial charge >= 0.3 is 0 Å². The molecular formula is C6H11Cl2. The maximum absolute atomic E-state index is 5.66. The van der Waals surface area contributed by atoms with Crippen LogP contribution < -0.4 is 0 Å². The van der Waals surface area contributed by atoms with E-state index in [2.05, 4.69) is 6.92 Å². The van der Waals surface area contributed by atoms with Crippen molar-refractivity contribution in [3.63, 3.8) is 0 Å². The molecule has 8 heavy (non-hydrogen) atoms. The molecule has 1 radical (unpaired) electrons. The van der Waals surface area contributed by atoms with Crippen molar-refractivity contribution in [2.75, 3.05) is 0 Å². The summed E-state index contributed by atoms with van der Waals surface area (Å²) in [4.78, 5) is 0. The summed E-state index contributed by atoms with van der Waals surface area (Å²) in [5.41, 5.74) is -0.143. The van der Waals surface area contributed by atoms with Crippen molar-refractivity contribution in [1.29, 1.82) is 0 Å². The average molecular weight is 154 g/mol. The Balaban J connectivity index is 4.02. The first-order chi connectivity index (χ1) is 3.25. The quantitative estimate of drug-likeness (QED) is 0.470. The van der Waals surface area contributed by atoms with Gasteiger partial charge in [0.2, 0.25) is 0 Å². The molecule has 0 saturated heterocycles. The number of rotatable bonds is 0. The zero-order valence-corrected chi connectivity index (χ0v) is 6.97. The molecule has 0 amide bonds. The second-order valence-corrected chi connectivity index (χ2v) is 4.44. The minimum Gasteiger partial charge on any atom is -0.101 e. The third-order valence-electron chi connectivity index (χ3n) is 1.10. The van der Waals surface area contributed by atoms with Gasteiger partial charge in [-0.25, -0.2) is 0 Å². The minimum atomic E-state index is -0.868. The van der Waals surface area contributed by atoms with E-state index in [-0.39, 0.29) is 5.41 Å². The standard InChI is InChI=1S/C6H11Cl2/c1-5(2,3)6(4,7)8/h4H2,1-3H3. The van der Waals surface area contributed by atoms with Gasteiger partial charge in [0.15, 0.2) is 0 Å². The predicted molar refractivity (Wildman–Crippen MR) is 39.2 cm³/mol. The smallest absolute Gasteiger partial charge is 0.101 e. The first-order valence-electron chi connectivity index (χ1n) is 2.48. The Morgan fingerprint density at radius 3 is 1.25 bits per heavy atom. The van der Waals surface area contributed by atoms with Gasteiger partial charge in [0, 0.05) is 0 Å². The topological polar surface area (TPSA) is 0 Å². The van der Waals surface area contributed by atoms with Crippen molar-refractivity contribution in [3.8, 4) is 0 Å². The third kappa shape index (κ3) is 2.23. The van der Waals surface area contributed by atoms with Gasteiger partial charge in [-0.15, -0.1) is 23.2 Å². The summed E-state index contributed by atoms with van der Waals surface area (Å²) in [6, 6.07) is 0. The molecule has 2 heteroatoms. The Labute approximate surface area is 61.2 Å². The van der Waals surface area contributed by atoms with Crippen LogP contribution in [0, 0.1) is 12.3 Å². The van der Waals surface area contributed by atoms with Gasteiger partial charge in [0.1, 0.15) is 4.33 Å². The molecule has 0 fully saturated rings. The molecule has 0 aliphatic carbocycles. The average Bonchev–Trinajstić information content (AvgIpc) is 1.25. The molecule has 0 bridgehead atoms. The SMILES string of the molecule is [CH2]C(Cl)(Cl)C(C)(C)C. The molecule has 0 aromatic carbocycles. The van der Waals surface area contributed by atoms with E-state index in [1.165, 1.54) is 0 Å². The zero-order valence-electron chi connectivity index (χ0n) is 5.46. The minimum absolute atomic E-state index is 0.143. The molecule has 0 aromatic rings. The summed E-state index contributed by atoms with van der Waals surface area (Å²) >= 11 is 11.3. The van der Waals surface area contributed by atoms with Gasteiger partial charge in [-0.1, -0.05) is 20.8 Å². The maximum atomic E-state index is 5.66. The van der Waals surface area contributed by atoms with Crippen LogP contribution in [0.25, 0.3) is 0 Å². The fourth-order valence-electron chi connectivity index (χ4n) is 0. The highest BCUT2D eigenvalue weighted by molar-refractivity contribution is 6.49. The fraction of sp³-hybridized carbons (Fsp3) is 0.833.